The van der Waals surface area contributed by atoms with Crippen LogP contribution in [0.1, 0.15) is 31.2 Å². The molecule has 0 spiro atoms. The summed E-state index contributed by atoms with van der Waals surface area (Å²) in [4.78, 5) is 2.23. The van der Waals surface area contributed by atoms with Crippen molar-refractivity contribution in [3.63, 3.8) is 0 Å². The molecular weight excluding hydrogens is 270 g/mol. The molecule has 0 aromatic heterocycles. The smallest absolute Gasteiger partial charge is 0.127 e. The minimum atomic E-state index is -0.376. The largest absolute Gasteiger partial charge is 0.330 e. The van der Waals surface area contributed by atoms with E-state index in [0.29, 0.717) is 24.7 Å². The van der Waals surface area contributed by atoms with Crippen LogP contribution in [0.15, 0.2) is 18.2 Å². The molecule has 1 saturated heterocycles. The Morgan fingerprint density at radius 2 is 2.05 bits per heavy atom. The van der Waals surface area contributed by atoms with Crippen LogP contribution in [-0.2, 0) is 6.54 Å². The van der Waals surface area contributed by atoms with Crippen LogP contribution in [0.25, 0.3) is 0 Å². The molecule has 19 heavy (non-hydrogen) atoms. The van der Waals surface area contributed by atoms with E-state index in [1.54, 1.807) is 0 Å². The van der Waals surface area contributed by atoms with E-state index in [1.807, 2.05) is 0 Å². The zero-order chi connectivity index (χ0) is 13.0. The van der Waals surface area contributed by atoms with Crippen molar-refractivity contribution >= 4 is 12.4 Å². The van der Waals surface area contributed by atoms with E-state index in [9.17, 15) is 8.78 Å². The van der Waals surface area contributed by atoms with Gasteiger partial charge in [-0.2, -0.15) is 0 Å². The minimum absolute atomic E-state index is 0. The molecule has 5 heteroatoms. The normalized spacial score (nSPS) is 20.1. The third kappa shape index (κ3) is 4.41. The second-order valence-corrected chi connectivity index (χ2v) is 4.93. The van der Waals surface area contributed by atoms with Crippen molar-refractivity contribution in [3.05, 3.63) is 35.4 Å². The number of likely N-dealkylation sites (tertiary alicyclic amines) is 1. The van der Waals surface area contributed by atoms with Gasteiger partial charge in [0, 0.05) is 18.2 Å². The highest BCUT2D eigenvalue weighted by atomic mass is 35.5. The molecule has 2 rings (SSSR count). The van der Waals surface area contributed by atoms with Crippen molar-refractivity contribution in [2.45, 2.75) is 38.3 Å². The van der Waals surface area contributed by atoms with Crippen molar-refractivity contribution in [1.82, 2.24) is 4.90 Å². The Balaban J connectivity index is 0.00000180. The lowest BCUT2D eigenvalue weighted by atomic mass is 9.98. The molecule has 0 saturated carbocycles. The first-order chi connectivity index (χ1) is 8.70. The molecular formula is C14H21ClF2N2. The zero-order valence-corrected chi connectivity index (χ0v) is 11.8. The van der Waals surface area contributed by atoms with Crippen molar-refractivity contribution in [2.24, 2.45) is 5.73 Å². The molecule has 1 aliphatic rings. The summed E-state index contributed by atoms with van der Waals surface area (Å²) in [6.45, 7) is 2.07. The van der Waals surface area contributed by atoms with Crippen LogP contribution in [0.2, 0.25) is 0 Å². The number of benzene rings is 1. The van der Waals surface area contributed by atoms with Gasteiger partial charge in [-0.3, -0.25) is 4.90 Å². The lowest BCUT2D eigenvalue weighted by Gasteiger charge is -2.35. The van der Waals surface area contributed by atoms with Crippen molar-refractivity contribution in [3.8, 4) is 0 Å². The van der Waals surface area contributed by atoms with Crippen molar-refractivity contribution < 1.29 is 8.78 Å². The summed E-state index contributed by atoms with van der Waals surface area (Å²) in [5.74, 6) is -0.702. The number of halogens is 3. The van der Waals surface area contributed by atoms with Gasteiger partial charge in [-0.15, -0.1) is 12.4 Å². The summed E-state index contributed by atoms with van der Waals surface area (Å²) in [5, 5.41) is 0. The number of piperidine rings is 1. The number of hydrogen-bond acceptors (Lipinski definition) is 2. The highest BCUT2D eigenvalue weighted by molar-refractivity contribution is 5.85. The molecule has 1 fully saturated rings. The van der Waals surface area contributed by atoms with E-state index in [0.717, 1.165) is 31.9 Å². The van der Waals surface area contributed by atoms with Gasteiger partial charge in [0.1, 0.15) is 11.6 Å². The lowest BCUT2D eigenvalue weighted by Crippen LogP contribution is -2.40. The molecule has 1 aromatic carbocycles. The molecule has 2 N–H and O–H groups in total. The molecule has 1 unspecified atom stereocenters. The Morgan fingerprint density at radius 3 is 2.79 bits per heavy atom. The van der Waals surface area contributed by atoms with Crippen LogP contribution in [-0.4, -0.2) is 24.0 Å². The summed E-state index contributed by atoms with van der Waals surface area (Å²) in [6.07, 6.45) is 4.36. The van der Waals surface area contributed by atoms with Crippen LogP contribution < -0.4 is 5.73 Å². The van der Waals surface area contributed by atoms with Crippen LogP contribution in [0.3, 0.4) is 0 Å². The second-order valence-electron chi connectivity index (χ2n) is 4.93. The summed E-state index contributed by atoms with van der Waals surface area (Å²) >= 11 is 0. The topological polar surface area (TPSA) is 29.3 Å². The predicted octanol–water partition coefficient (Wildman–Crippen LogP) is 3.09. The fourth-order valence-electron chi connectivity index (χ4n) is 2.67. The van der Waals surface area contributed by atoms with Gasteiger partial charge in [0.2, 0.25) is 0 Å². The Kier molecular flexibility index (Phi) is 6.69. The van der Waals surface area contributed by atoms with E-state index >= 15 is 0 Å². The first-order valence-electron chi connectivity index (χ1n) is 6.58. The fourth-order valence-corrected chi connectivity index (χ4v) is 2.67. The van der Waals surface area contributed by atoms with Crippen LogP contribution >= 0.6 is 12.4 Å². The van der Waals surface area contributed by atoms with Gasteiger partial charge in [0.25, 0.3) is 0 Å². The summed E-state index contributed by atoms with van der Waals surface area (Å²) in [6, 6.07) is 4.06. The van der Waals surface area contributed by atoms with E-state index in [-0.39, 0.29) is 24.0 Å². The molecule has 0 aliphatic carbocycles. The average Bonchev–Trinajstić information content (AvgIpc) is 2.36. The van der Waals surface area contributed by atoms with Gasteiger partial charge in [0.15, 0.2) is 0 Å². The fraction of sp³-hybridized carbons (Fsp3) is 0.571. The van der Waals surface area contributed by atoms with Crippen LogP contribution in [0, 0.1) is 11.6 Å². The van der Waals surface area contributed by atoms with Gasteiger partial charge in [-0.05, 0) is 50.6 Å². The van der Waals surface area contributed by atoms with Gasteiger partial charge in [0.05, 0.1) is 0 Å². The third-order valence-electron chi connectivity index (χ3n) is 3.63. The predicted molar refractivity (Wildman–Crippen MR) is 75.3 cm³/mol. The maximum atomic E-state index is 13.6. The van der Waals surface area contributed by atoms with E-state index in [1.165, 1.54) is 18.6 Å². The van der Waals surface area contributed by atoms with Crippen molar-refractivity contribution in [1.29, 1.82) is 0 Å². The number of hydrogen-bond donors (Lipinski definition) is 1. The first-order valence-corrected chi connectivity index (χ1v) is 6.58. The second kappa shape index (κ2) is 7.78. The number of rotatable bonds is 4. The number of nitrogens with zero attached hydrogens (tertiary/aromatic N) is 1. The van der Waals surface area contributed by atoms with Crippen molar-refractivity contribution in [2.75, 3.05) is 13.1 Å². The molecule has 0 radical (unpaired) electrons. The molecule has 0 amide bonds. The zero-order valence-electron chi connectivity index (χ0n) is 10.9. The third-order valence-corrected chi connectivity index (χ3v) is 3.63. The molecule has 1 aliphatic heterocycles. The van der Waals surface area contributed by atoms with Gasteiger partial charge >= 0.3 is 0 Å². The van der Waals surface area contributed by atoms with E-state index in [2.05, 4.69) is 4.90 Å². The van der Waals surface area contributed by atoms with Crippen LogP contribution in [0.5, 0.6) is 0 Å². The summed E-state index contributed by atoms with van der Waals surface area (Å²) in [7, 11) is 0. The van der Waals surface area contributed by atoms with Gasteiger partial charge in [-0.25, -0.2) is 8.78 Å². The average molecular weight is 291 g/mol. The van der Waals surface area contributed by atoms with Gasteiger partial charge < -0.3 is 5.73 Å². The standard InChI is InChI=1S/C14H20F2N2.ClH/c15-12-4-5-14(16)11(9-12)10-18-8-2-1-3-13(18)6-7-17;/h4-5,9,13H,1-3,6-8,10,17H2;1H. The molecule has 1 atom stereocenters. The first kappa shape index (κ1) is 16.3. The molecule has 108 valence electrons. The SMILES string of the molecule is Cl.NCCC1CCCCN1Cc1cc(F)ccc1F. The highest BCUT2D eigenvalue weighted by Gasteiger charge is 2.22. The number of nitrogens with two attached hydrogens (primary N) is 1. The minimum Gasteiger partial charge on any atom is -0.330 e. The molecule has 1 heterocycles. The van der Waals surface area contributed by atoms with Gasteiger partial charge in [-0.1, -0.05) is 6.42 Å². The van der Waals surface area contributed by atoms with E-state index < -0.39 is 0 Å². The van der Waals surface area contributed by atoms with E-state index in [4.69, 9.17) is 5.73 Å². The van der Waals surface area contributed by atoms with Crippen LogP contribution in [0.4, 0.5) is 8.78 Å². The Morgan fingerprint density at radius 1 is 1.26 bits per heavy atom. The molecule has 0 bridgehead atoms. The summed E-state index contributed by atoms with van der Waals surface area (Å²) < 4.78 is 26.8. The Labute approximate surface area is 119 Å². The monoisotopic (exact) mass is 290 g/mol. The quantitative estimate of drug-likeness (QED) is 0.923. The summed E-state index contributed by atoms with van der Waals surface area (Å²) in [5.41, 5.74) is 6.05. The Hall–Kier alpha value is -0.710. The lowest BCUT2D eigenvalue weighted by molar-refractivity contribution is 0.132. The Bertz CT molecular complexity index is 399. The molecule has 2 nitrogen and oxygen atoms in total. The maximum Gasteiger partial charge on any atom is 0.127 e. The highest BCUT2D eigenvalue weighted by Crippen LogP contribution is 2.22. The molecule has 1 aromatic rings. The maximum absolute atomic E-state index is 13.6.